The minimum absolute atomic E-state index is 0.585. The number of imidazole rings is 1. The van der Waals surface area contributed by atoms with Gasteiger partial charge in [-0.1, -0.05) is 6.92 Å². The highest BCUT2D eigenvalue weighted by atomic mass is 16.5. The molecule has 96 valence electrons. The van der Waals surface area contributed by atoms with E-state index in [9.17, 15) is 0 Å². The lowest BCUT2D eigenvalue weighted by Gasteiger charge is -2.05. The molecule has 5 heteroatoms. The van der Waals surface area contributed by atoms with E-state index in [1.54, 1.807) is 13.3 Å². The smallest absolute Gasteiger partial charge is 0.212 e. The summed E-state index contributed by atoms with van der Waals surface area (Å²) in [6.45, 7) is 4.97. The van der Waals surface area contributed by atoms with Crippen molar-refractivity contribution in [3.05, 3.63) is 24.2 Å². The molecule has 0 spiro atoms. The van der Waals surface area contributed by atoms with Crippen molar-refractivity contribution in [1.82, 2.24) is 14.5 Å². The molecule has 0 saturated heterocycles. The number of aromatic nitrogens is 3. The van der Waals surface area contributed by atoms with Crippen molar-refractivity contribution < 1.29 is 4.74 Å². The summed E-state index contributed by atoms with van der Waals surface area (Å²) in [7, 11) is 1.59. The van der Waals surface area contributed by atoms with Gasteiger partial charge in [0.2, 0.25) is 5.88 Å². The average Bonchev–Trinajstić information content (AvgIpc) is 2.67. The third-order valence-corrected chi connectivity index (χ3v) is 2.86. The lowest BCUT2D eigenvalue weighted by atomic mass is 10.2. The second kappa shape index (κ2) is 5.08. The maximum Gasteiger partial charge on any atom is 0.212 e. The topological polar surface area (TPSA) is 66.0 Å². The molecule has 0 aliphatic carbocycles. The molecular formula is C13H18N4O. The molecule has 18 heavy (non-hydrogen) atoms. The van der Waals surface area contributed by atoms with Gasteiger partial charge in [-0.15, -0.1) is 0 Å². The molecule has 0 aliphatic rings. The normalized spacial score (nSPS) is 10.6. The van der Waals surface area contributed by atoms with Gasteiger partial charge in [0.15, 0.2) is 0 Å². The second-order valence-corrected chi connectivity index (χ2v) is 4.13. The van der Waals surface area contributed by atoms with E-state index in [-0.39, 0.29) is 0 Å². The molecular weight excluding hydrogens is 228 g/mol. The molecule has 2 rings (SSSR count). The predicted molar refractivity (Wildman–Crippen MR) is 71.5 cm³/mol. The van der Waals surface area contributed by atoms with Gasteiger partial charge in [0.05, 0.1) is 7.11 Å². The summed E-state index contributed by atoms with van der Waals surface area (Å²) in [5.41, 5.74) is 7.83. The Bertz CT molecular complexity index is 531. The zero-order chi connectivity index (χ0) is 13.1. The van der Waals surface area contributed by atoms with Crippen LogP contribution in [-0.2, 0) is 6.54 Å². The number of aryl methyl sites for hydroxylation is 1. The summed E-state index contributed by atoms with van der Waals surface area (Å²) < 4.78 is 7.06. The van der Waals surface area contributed by atoms with Crippen molar-refractivity contribution in [2.75, 3.05) is 12.8 Å². The lowest BCUT2D eigenvalue weighted by molar-refractivity contribution is 0.398. The quantitative estimate of drug-likeness (QED) is 0.898. The van der Waals surface area contributed by atoms with Gasteiger partial charge in [-0.2, -0.15) is 0 Å². The van der Waals surface area contributed by atoms with Crippen LogP contribution in [0.3, 0.4) is 0 Å². The monoisotopic (exact) mass is 246 g/mol. The van der Waals surface area contributed by atoms with Gasteiger partial charge < -0.3 is 15.0 Å². The van der Waals surface area contributed by atoms with Crippen molar-refractivity contribution in [2.24, 2.45) is 0 Å². The Kier molecular flexibility index (Phi) is 3.50. The van der Waals surface area contributed by atoms with E-state index in [0.717, 1.165) is 30.0 Å². The third-order valence-electron chi connectivity index (χ3n) is 2.86. The molecule has 0 radical (unpaired) electrons. The minimum atomic E-state index is 0.585. The Hall–Kier alpha value is -2.04. The highest BCUT2D eigenvalue weighted by Crippen LogP contribution is 2.26. The van der Waals surface area contributed by atoms with Crippen LogP contribution in [0.4, 0.5) is 5.82 Å². The van der Waals surface area contributed by atoms with E-state index in [1.165, 1.54) is 0 Å². The van der Waals surface area contributed by atoms with E-state index in [4.69, 9.17) is 10.5 Å². The van der Waals surface area contributed by atoms with Crippen LogP contribution >= 0.6 is 0 Å². The highest BCUT2D eigenvalue weighted by Gasteiger charge is 2.13. The molecule has 5 nitrogen and oxygen atoms in total. The fraction of sp³-hybridized carbons (Fsp3) is 0.385. The van der Waals surface area contributed by atoms with Gasteiger partial charge in [0.25, 0.3) is 0 Å². The maximum absolute atomic E-state index is 6.13. The van der Waals surface area contributed by atoms with Crippen LogP contribution in [-0.4, -0.2) is 21.6 Å². The average molecular weight is 246 g/mol. The summed E-state index contributed by atoms with van der Waals surface area (Å²) in [5.74, 6) is 2.21. The van der Waals surface area contributed by atoms with Crippen LogP contribution in [0.1, 0.15) is 19.2 Å². The Labute approximate surface area is 107 Å². The SMILES string of the molecule is CCCn1c(C)nc(-c2ccc(OC)nc2)c1N. The number of anilines is 1. The lowest BCUT2D eigenvalue weighted by Crippen LogP contribution is -2.04. The van der Waals surface area contributed by atoms with Crippen molar-refractivity contribution in [3.8, 4) is 17.1 Å². The van der Waals surface area contributed by atoms with Gasteiger partial charge in [-0.05, 0) is 19.4 Å². The number of hydrogen-bond donors (Lipinski definition) is 1. The highest BCUT2D eigenvalue weighted by molar-refractivity contribution is 5.70. The molecule has 2 N–H and O–H groups in total. The summed E-state index contributed by atoms with van der Waals surface area (Å²) in [5, 5.41) is 0. The Morgan fingerprint density at radius 3 is 2.72 bits per heavy atom. The number of nitrogens with two attached hydrogens (primary N) is 1. The summed E-state index contributed by atoms with van der Waals surface area (Å²) in [6, 6.07) is 3.73. The minimum Gasteiger partial charge on any atom is -0.481 e. The number of nitrogen functional groups attached to an aromatic ring is 1. The molecule has 0 aromatic carbocycles. The van der Waals surface area contributed by atoms with Crippen molar-refractivity contribution >= 4 is 5.82 Å². The van der Waals surface area contributed by atoms with Gasteiger partial charge in [0.1, 0.15) is 17.3 Å². The molecule has 2 aromatic rings. The second-order valence-electron chi connectivity index (χ2n) is 4.13. The number of methoxy groups -OCH3 is 1. The van der Waals surface area contributed by atoms with E-state index in [1.807, 2.05) is 23.6 Å². The summed E-state index contributed by atoms with van der Waals surface area (Å²) >= 11 is 0. The van der Waals surface area contributed by atoms with Gasteiger partial charge >= 0.3 is 0 Å². The fourth-order valence-corrected chi connectivity index (χ4v) is 1.94. The molecule has 2 aromatic heterocycles. The van der Waals surface area contributed by atoms with Gasteiger partial charge in [0, 0.05) is 24.4 Å². The largest absolute Gasteiger partial charge is 0.481 e. The van der Waals surface area contributed by atoms with Crippen LogP contribution in [0.2, 0.25) is 0 Å². The molecule has 0 unspecified atom stereocenters. The zero-order valence-corrected chi connectivity index (χ0v) is 11.0. The predicted octanol–water partition coefficient (Wildman–Crippen LogP) is 2.25. The van der Waals surface area contributed by atoms with Crippen molar-refractivity contribution in [2.45, 2.75) is 26.8 Å². The number of ether oxygens (including phenoxy) is 1. The van der Waals surface area contributed by atoms with Crippen LogP contribution in [0.25, 0.3) is 11.3 Å². The van der Waals surface area contributed by atoms with Gasteiger partial charge in [-0.3, -0.25) is 0 Å². The van der Waals surface area contributed by atoms with Crippen molar-refractivity contribution in [3.63, 3.8) is 0 Å². The van der Waals surface area contributed by atoms with E-state index >= 15 is 0 Å². The van der Waals surface area contributed by atoms with Crippen LogP contribution in [0, 0.1) is 6.92 Å². The first-order valence-corrected chi connectivity index (χ1v) is 6.00. The van der Waals surface area contributed by atoms with E-state index in [0.29, 0.717) is 11.7 Å². The van der Waals surface area contributed by atoms with Gasteiger partial charge in [-0.25, -0.2) is 9.97 Å². The first kappa shape index (κ1) is 12.4. The molecule has 0 fully saturated rings. The summed E-state index contributed by atoms with van der Waals surface area (Å²) in [4.78, 5) is 8.68. The third kappa shape index (κ3) is 2.16. The number of hydrogen-bond acceptors (Lipinski definition) is 4. The van der Waals surface area contributed by atoms with E-state index < -0.39 is 0 Å². The summed E-state index contributed by atoms with van der Waals surface area (Å²) in [6.07, 6.45) is 2.76. The van der Waals surface area contributed by atoms with E-state index in [2.05, 4.69) is 16.9 Å². The molecule has 0 atom stereocenters. The zero-order valence-electron chi connectivity index (χ0n) is 11.0. The maximum atomic E-state index is 6.13. The molecule has 0 saturated carbocycles. The molecule has 0 amide bonds. The first-order valence-electron chi connectivity index (χ1n) is 6.00. The Morgan fingerprint density at radius 1 is 1.39 bits per heavy atom. The standard InChI is InChI=1S/C13H18N4O/c1-4-7-17-9(2)16-12(13(17)14)10-5-6-11(18-3)15-8-10/h5-6,8H,4,7,14H2,1-3H3. The van der Waals surface area contributed by atoms with Crippen molar-refractivity contribution in [1.29, 1.82) is 0 Å². The molecule has 2 heterocycles. The number of nitrogens with zero attached hydrogens (tertiary/aromatic N) is 3. The van der Waals surface area contributed by atoms with Crippen LogP contribution < -0.4 is 10.5 Å². The van der Waals surface area contributed by atoms with Crippen LogP contribution in [0.5, 0.6) is 5.88 Å². The Balaban J connectivity index is 2.40. The number of pyridine rings is 1. The molecule has 0 aliphatic heterocycles. The first-order chi connectivity index (χ1) is 8.67. The number of rotatable bonds is 4. The fourth-order valence-electron chi connectivity index (χ4n) is 1.94. The van der Waals surface area contributed by atoms with Crippen LogP contribution in [0.15, 0.2) is 18.3 Å². The molecule has 0 bridgehead atoms. The Morgan fingerprint density at radius 2 is 2.17 bits per heavy atom.